The van der Waals surface area contributed by atoms with Gasteiger partial charge in [0.25, 0.3) is 0 Å². The van der Waals surface area contributed by atoms with Crippen LogP contribution in [0.15, 0.2) is 24.3 Å². The lowest BCUT2D eigenvalue weighted by molar-refractivity contribution is 0.0516. The molecule has 0 aliphatic heterocycles. The van der Waals surface area contributed by atoms with Gasteiger partial charge in [-0.15, -0.1) is 6.58 Å². The molecular weight excluding hydrogens is 328 g/mol. The zero-order valence-corrected chi connectivity index (χ0v) is 18.3. The Hall–Kier alpha value is -0.250. The van der Waals surface area contributed by atoms with E-state index in [0.29, 0.717) is 0 Å². The molecule has 150 valence electrons. The molecule has 1 fully saturated rings. The van der Waals surface area contributed by atoms with Crippen LogP contribution < -0.4 is 0 Å². The Morgan fingerprint density at radius 1 is 1.24 bits per heavy atom. The maximum Gasteiger partial charge on any atom is 0.0654 e. The first-order valence-corrected chi connectivity index (χ1v) is 11.1. The van der Waals surface area contributed by atoms with Gasteiger partial charge in [-0.25, -0.2) is 0 Å². The fourth-order valence-corrected chi connectivity index (χ4v) is 3.50. The van der Waals surface area contributed by atoms with E-state index in [1.165, 1.54) is 55.6 Å². The second-order valence-corrected chi connectivity index (χ2v) is 8.58. The van der Waals surface area contributed by atoms with E-state index in [-0.39, 0.29) is 0 Å². The van der Waals surface area contributed by atoms with Crippen LogP contribution in [0, 0.1) is 5.92 Å². The van der Waals surface area contributed by atoms with E-state index in [4.69, 9.17) is 5.11 Å². The van der Waals surface area contributed by atoms with Crippen molar-refractivity contribution in [1.82, 2.24) is 0 Å². The lowest BCUT2D eigenvalue weighted by Gasteiger charge is -2.21. The smallest absolute Gasteiger partial charge is 0.0654 e. The van der Waals surface area contributed by atoms with Crippen LogP contribution in [0.1, 0.15) is 85.5 Å². The summed E-state index contributed by atoms with van der Waals surface area (Å²) in [5.41, 5.74) is 0.816. The maximum atomic E-state index is 10.1. The monoisotopic (exact) mass is 372 g/mol. The molecule has 0 aromatic carbocycles. The molecular formula is C22H44O2S. The Morgan fingerprint density at radius 3 is 2.32 bits per heavy atom. The fraction of sp³-hybridized carbons (Fsp3) is 0.818. The summed E-state index contributed by atoms with van der Waals surface area (Å²) >= 11 is 1.98. The number of aliphatic hydroxyl groups is 2. The quantitative estimate of drug-likeness (QED) is 0.345. The van der Waals surface area contributed by atoms with Crippen molar-refractivity contribution in [1.29, 1.82) is 0 Å². The summed E-state index contributed by atoms with van der Waals surface area (Å²) in [4.78, 5) is 0. The zero-order chi connectivity index (χ0) is 19.6. The van der Waals surface area contributed by atoms with E-state index in [2.05, 4.69) is 39.5 Å². The van der Waals surface area contributed by atoms with Gasteiger partial charge in [-0.1, -0.05) is 57.3 Å². The van der Waals surface area contributed by atoms with Crippen LogP contribution >= 0.6 is 11.8 Å². The molecule has 1 rings (SSSR count). The van der Waals surface area contributed by atoms with Gasteiger partial charge in [0.15, 0.2) is 0 Å². The summed E-state index contributed by atoms with van der Waals surface area (Å²) in [7, 11) is 1.00. The third kappa shape index (κ3) is 19.9. The van der Waals surface area contributed by atoms with Crippen LogP contribution in [0.5, 0.6) is 0 Å². The molecule has 1 unspecified atom stereocenters. The number of thioether (sulfide) groups is 1. The zero-order valence-electron chi connectivity index (χ0n) is 17.5. The van der Waals surface area contributed by atoms with E-state index < -0.39 is 5.60 Å². The van der Waals surface area contributed by atoms with Crippen LogP contribution in [-0.2, 0) is 0 Å². The molecule has 2 nitrogen and oxygen atoms in total. The first-order valence-electron chi connectivity index (χ1n) is 9.97. The second kappa shape index (κ2) is 18.5. The van der Waals surface area contributed by atoms with Gasteiger partial charge in [0, 0.05) is 7.11 Å². The van der Waals surface area contributed by atoms with Crippen molar-refractivity contribution < 1.29 is 10.2 Å². The summed E-state index contributed by atoms with van der Waals surface area (Å²) in [6, 6.07) is 0. The highest BCUT2D eigenvalue weighted by molar-refractivity contribution is 7.99. The molecule has 3 heteroatoms. The van der Waals surface area contributed by atoms with Crippen molar-refractivity contribution in [2.45, 2.75) is 91.1 Å². The number of hydrogen-bond donors (Lipinski definition) is 2. The predicted octanol–water partition coefficient (Wildman–Crippen LogP) is 6.38. The molecule has 1 saturated carbocycles. The Kier molecular flexibility index (Phi) is 20.0. The molecule has 1 aliphatic rings. The average molecular weight is 373 g/mol. The van der Waals surface area contributed by atoms with E-state index in [1.807, 2.05) is 18.7 Å². The highest BCUT2D eigenvalue weighted by Crippen LogP contribution is 2.26. The van der Waals surface area contributed by atoms with Gasteiger partial charge >= 0.3 is 0 Å². The number of aliphatic hydroxyl groups excluding tert-OH is 1. The minimum absolute atomic E-state index is 0.481. The number of unbranched alkanes of at least 4 members (excludes halogenated alkanes) is 1. The van der Waals surface area contributed by atoms with Crippen LogP contribution in [-0.4, -0.2) is 34.4 Å². The van der Waals surface area contributed by atoms with Crippen molar-refractivity contribution in [3.63, 3.8) is 0 Å². The van der Waals surface area contributed by atoms with Gasteiger partial charge < -0.3 is 10.2 Å². The van der Waals surface area contributed by atoms with Crippen molar-refractivity contribution >= 4 is 11.8 Å². The SMILES string of the molecule is C=C(C)CCSCC.CCCCC(C)(O)C/C=C/C1CCCC1.CO. The summed E-state index contributed by atoms with van der Waals surface area (Å²) < 4.78 is 0. The molecule has 0 aromatic heterocycles. The Labute approximate surface area is 162 Å². The van der Waals surface area contributed by atoms with Gasteiger partial charge in [-0.2, -0.15) is 11.8 Å². The van der Waals surface area contributed by atoms with Gasteiger partial charge in [0.2, 0.25) is 0 Å². The lowest BCUT2D eigenvalue weighted by Crippen LogP contribution is -2.22. The summed E-state index contributed by atoms with van der Waals surface area (Å²) in [6.45, 7) is 12.2. The van der Waals surface area contributed by atoms with Gasteiger partial charge in [-0.05, 0) is 63.4 Å². The minimum atomic E-state index is -0.481. The molecule has 0 aromatic rings. The molecule has 1 aliphatic carbocycles. The molecule has 0 radical (unpaired) electrons. The van der Waals surface area contributed by atoms with Crippen LogP contribution in [0.3, 0.4) is 0 Å². The van der Waals surface area contributed by atoms with Crippen molar-refractivity contribution in [3.05, 3.63) is 24.3 Å². The minimum Gasteiger partial charge on any atom is -0.400 e. The lowest BCUT2D eigenvalue weighted by atomic mass is 9.94. The van der Waals surface area contributed by atoms with E-state index in [9.17, 15) is 5.11 Å². The van der Waals surface area contributed by atoms with E-state index in [0.717, 1.165) is 32.3 Å². The molecule has 1 atom stereocenters. The van der Waals surface area contributed by atoms with Crippen LogP contribution in [0.4, 0.5) is 0 Å². The molecule has 0 heterocycles. The maximum absolute atomic E-state index is 10.1. The van der Waals surface area contributed by atoms with Gasteiger partial charge in [-0.3, -0.25) is 0 Å². The third-order valence-corrected chi connectivity index (χ3v) is 5.21. The summed E-state index contributed by atoms with van der Waals surface area (Å²) in [5, 5.41) is 17.1. The largest absolute Gasteiger partial charge is 0.400 e. The molecule has 0 spiro atoms. The van der Waals surface area contributed by atoms with Crippen molar-refractivity contribution in [2.75, 3.05) is 18.6 Å². The predicted molar refractivity (Wildman–Crippen MR) is 116 cm³/mol. The Morgan fingerprint density at radius 2 is 1.84 bits per heavy atom. The molecule has 25 heavy (non-hydrogen) atoms. The average Bonchev–Trinajstić information content (AvgIpc) is 3.09. The Bertz CT molecular complexity index is 318. The van der Waals surface area contributed by atoms with Crippen LogP contribution in [0.2, 0.25) is 0 Å². The molecule has 2 N–H and O–H groups in total. The number of allylic oxidation sites excluding steroid dienone is 2. The van der Waals surface area contributed by atoms with Crippen molar-refractivity contribution in [2.24, 2.45) is 5.92 Å². The first kappa shape index (κ1) is 27.0. The van der Waals surface area contributed by atoms with Gasteiger partial charge in [0.05, 0.1) is 5.60 Å². The standard InChI is InChI=1S/C14H26O.C7H14S.CH4O/c1-3-4-11-14(2,15)12-7-10-13-8-5-6-9-13;1-4-8-6-5-7(2)3;1-2/h7,10,13,15H,3-6,8-9,11-12H2,1-2H3;2,4-6H2,1,3H3;2H,1H3/b10-7+;;. The highest BCUT2D eigenvalue weighted by Gasteiger charge is 2.18. The topological polar surface area (TPSA) is 40.5 Å². The van der Waals surface area contributed by atoms with Gasteiger partial charge in [0.1, 0.15) is 0 Å². The third-order valence-electron chi connectivity index (χ3n) is 4.31. The highest BCUT2D eigenvalue weighted by atomic mass is 32.2. The molecule has 0 bridgehead atoms. The normalized spacial score (nSPS) is 16.6. The van der Waals surface area contributed by atoms with E-state index >= 15 is 0 Å². The van der Waals surface area contributed by atoms with E-state index in [1.54, 1.807) is 0 Å². The summed E-state index contributed by atoms with van der Waals surface area (Å²) in [5.74, 6) is 3.27. The molecule has 0 amide bonds. The number of rotatable bonds is 10. The van der Waals surface area contributed by atoms with Crippen LogP contribution in [0.25, 0.3) is 0 Å². The molecule has 0 saturated heterocycles. The fourth-order valence-electron chi connectivity index (χ4n) is 2.71. The van der Waals surface area contributed by atoms with Crippen molar-refractivity contribution in [3.8, 4) is 0 Å². The summed E-state index contributed by atoms with van der Waals surface area (Å²) in [6.07, 6.45) is 15.2. The Balaban J connectivity index is 0. The first-order chi connectivity index (χ1) is 11.9. The second-order valence-electron chi connectivity index (χ2n) is 7.18. The number of hydrogen-bond acceptors (Lipinski definition) is 3.